The third-order valence-corrected chi connectivity index (χ3v) is 8.55. The number of hydrogen-bond donors (Lipinski definition) is 0. The molecule has 7 rings (SSSR count). The molecule has 2 saturated carbocycles. The number of carbonyl (C=O) groups excluding carboxylic acids is 3. The molecule has 1 heterocycles. The lowest BCUT2D eigenvalue weighted by molar-refractivity contribution is -0.385. The first kappa shape index (κ1) is 22.0. The highest BCUT2D eigenvalue weighted by molar-refractivity contribution is 6.32. The van der Waals surface area contributed by atoms with Crippen molar-refractivity contribution in [3.63, 3.8) is 0 Å². The van der Waals surface area contributed by atoms with Crippen molar-refractivity contribution in [2.24, 2.45) is 35.5 Å². The van der Waals surface area contributed by atoms with Gasteiger partial charge in [0.2, 0.25) is 11.8 Å². The van der Waals surface area contributed by atoms with E-state index in [1.165, 1.54) is 28.0 Å². The van der Waals surface area contributed by atoms with Gasteiger partial charge in [0.1, 0.15) is 12.2 Å². The molecule has 0 radical (unpaired) electrons. The fraction of sp³-hybridized carbons (Fsp3) is 0.346. The van der Waals surface area contributed by atoms with Crippen LogP contribution in [0.5, 0.6) is 0 Å². The van der Waals surface area contributed by atoms with Crippen molar-refractivity contribution in [2.75, 3.05) is 11.6 Å². The van der Waals surface area contributed by atoms with Gasteiger partial charge in [-0.15, -0.1) is 0 Å². The maximum Gasteiger partial charge on any atom is 0.282 e. The van der Waals surface area contributed by atoms with Crippen LogP contribution >= 0.6 is 11.6 Å². The fourth-order valence-corrected chi connectivity index (χ4v) is 6.57. The number of allylic oxidation sites excluding steroid dienone is 2. The lowest BCUT2D eigenvalue weighted by Crippen LogP contribution is -2.45. The van der Waals surface area contributed by atoms with Crippen LogP contribution < -0.4 is 4.90 Å². The molecule has 178 valence electrons. The molecule has 2 aromatic carbocycles. The number of nitro benzene ring substituents is 1. The minimum atomic E-state index is -0.679. The first-order valence-corrected chi connectivity index (χ1v) is 12.0. The Kier molecular flexibility index (Phi) is 4.86. The van der Waals surface area contributed by atoms with Crippen LogP contribution in [0.2, 0.25) is 5.02 Å². The van der Waals surface area contributed by atoms with Crippen LogP contribution in [-0.2, 0) is 9.59 Å². The van der Waals surface area contributed by atoms with E-state index in [0.29, 0.717) is 28.1 Å². The topological polar surface area (TPSA) is 101 Å². The predicted octanol–water partition coefficient (Wildman–Crippen LogP) is 4.21. The number of imide groups is 1. The highest BCUT2D eigenvalue weighted by Gasteiger charge is 2.67. The van der Waals surface area contributed by atoms with Gasteiger partial charge in [0.15, 0.2) is 0 Å². The van der Waals surface area contributed by atoms with E-state index in [1.54, 1.807) is 31.2 Å². The highest BCUT2D eigenvalue weighted by atomic mass is 35.5. The SMILES string of the molecule is Cc1c(Cl)cccc1N(CN1C(=O)C2C3C=CC(C4CC34)C2C1=O)C(=O)c1ccccc1[N+](=O)[O-]. The minimum Gasteiger partial charge on any atom is -0.289 e. The maximum atomic E-state index is 13.8. The molecule has 3 fully saturated rings. The molecular formula is C26H22ClN3O5. The van der Waals surface area contributed by atoms with Gasteiger partial charge in [-0.3, -0.25) is 34.3 Å². The summed E-state index contributed by atoms with van der Waals surface area (Å²) in [7, 11) is 0. The number of likely N-dealkylation sites (tertiary alicyclic amines) is 1. The number of para-hydroxylation sites is 1. The van der Waals surface area contributed by atoms with Crippen LogP contribution in [0, 0.1) is 52.5 Å². The van der Waals surface area contributed by atoms with Crippen LogP contribution in [-0.4, -0.2) is 34.2 Å². The number of amides is 3. The number of anilines is 1. The molecule has 6 unspecified atom stereocenters. The zero-order chi connectivity index (χ0) is 24.6. The molecule has 6 atom stereocenters. The van der Waals surface area contributed by atoms with Crippen molar-refractivity contribution in [1.29, 1.82) is 0 Å². The molecular weight excluding hydrogens is 470 g/mol. The van der Waals surface area contributed by atoms with Crippen LogP contribution in [0.1, 0.15) is 22.3 Å². The van der Waals surface area contributed by atoms with Crippen molar-refractivity contribution >= 4 is 40.7 Å². The molecule has 35 heavy (non-hydrogen) atoms. The molecule has 5 aliphatic rings. The van der Waals surface area contributed by atoms with Crippen LogP contribution in [0.15, 0.2) is 54.6 Å². The lowest BCUT2D eigenvalue weighted by Gasteiger charge is -2.37. The van der Waals surface area contributed by atoms with E-state index in [-0.39, 0.29) is 41.6 Å². The molecule has 1 saturated heterocycles. The largest absolute Gasteiger partial charge is 0.289 e. The summed E-state index contributed by atoms with van der Waals surface area (Å²) in [6.45, 7) is 1.40. The molecule has 1 aliphatic heterocycles. The van der Waals surface area contributed by atoms with Crippen molar-refractivity contribution < 1.29 is 19.3 Å². The highest BCUT2D eigenvalue weighted by Crippen LogP contribution is 2.65. The quantitative estimate of drug-likeness (QED) is 0.270. The average molecular weight is 492 g/mol. The standard InChI is InChI=1S/C26H22ClN3O5/c1-13-19(27)6-4-8-20(13)28(24(31)16-5-2-3-7-21(16)30(34)35)12-29-25(32)22-14-9-10-15(18-11-17(14)18)23(22)26(29)33/h2-10,14-15,17-18,22-23H,11-12H2,1H3. The number of nitrogens with zero attached hydrogens (tertiary/aromatic N) is 3. The minimum absolute atomic E-state index is 0.0590. The third kappa shape index (κ3) is 3.16. The van der Waals surface area contributed by atoms with Crippen LogP contribution in [0.4, 0.5) is 11.4 Å². The Morgan fingerprint density at radius 3 is 2.31 bits per heavy atom. The van der Waals surface area contributed by atoms with E-state index in [2.05, 4.69) is 12.2 Å². The Morgan fingerprint density at radius 2 is 1.69 bits per heavy atom. The normalized spacial score (nSPS) is 29.7. The Morgan fingerprint density at radius 1 is 1.06 bits per heavy atom. The molecule has 0 aromatic heterocycles. The second-order valence-electron chi connectivity index (χ2n) is 9.79. The second-order valence-corrected chi connectivity index (χ2v) is 10.2. The van der Waals surface area contributed by atoms with Gasteiger partial charge < -0.3 is 0 Å². The van der Waals surface area contributed by atoms with E-state index < -0.39 is 22.7 Å². The number of rotatable bonds is 5. The summed E-state index contributed by atoms with van der Waals surface area (Å²) in [5.41, 5.74) is 0.481. The molecule has 3 amide bonds. The maximum absolute atomic E-state index is 13.8. The molecule has 9 heteroatoms. The Hall–Kier alpha value is -3.52. The van der Waals surface area contributed by atoms with Crippen LogP contribution in [0.3, 0.4) is 0 Å². The smallest absolute Gasteiger partial charge is 0.282 e. The van der Waals surface area contributed by atoms with E-state index in [4.69, 9.17) is 11.6 Å². The summed E-state index contributed by atoms with van der Waals surface area (Å²) in [5, 5.41) is 12.0. The van der Waals surface area contributed by atoms with Gasteiger partial charge in [0.05, 0.1) is 22.4 Å². The summed E-state index contributed by atoms with van der Waals surface area (Å²) < 4.78 is 0. The number of nitro groups is 1. The van der Waals surface area contributed by atoms with Gasteiger partial charge in [-0.1, -0.05) is 42.0 Å². The summed E-state index contributed by atoms with van der Waals surface area (Å²) >= 11 is 6.33. The van der Waals surface area contributed by atoms with Gasteiger partial charge in [0.25, 0.3) is 11.6 Å². The molecule has 0 N–H and O–H groups in total. The second kappa shape index (κ2) is 7.75. The number of hydrogen-bond acceptors (Lipinski definition) is 5. The van der Waals surface area contributed by atoms with Crippen molar-refractivity contribution in [1.82, 2.24) is 4.90 Å². The zero-order valence-electron chi connectivity index (χ0n) is 18.8. The summed E-state index contributed by atoms with van der Waals surface area (Å²) in [6, 6.07) is 10.6. The van der Waals surface area contributed by atoms with Crippen molar-refractivity contribution in [3.05, 3.63) is 80.9 Å². The zero-order valence-corrected chi connectivity index (χ0v) is 19.6. The van der Waals surface area contributed by atoms with Gasteiger partial charge in [-0.05, 0) is 60.8 Å². The number of benzene rings is 2. The summed E-state index contributed by atoms with van der Waals surface area (Å²) in [5.74, 6) is -0.982. The Balaban J connectivity index is 1.40. The van der Waals surface area contributed by atoms with Crippen molar-refractivity contribution in [3.8, 4) is 0 Å². The summed E-state index contributed by atoms with van der Waals surface area (Å²) in [4.78, 5) is 54.3. The lowest BCUT2D eigenvalue weighted by atomic mass is 9.63. The molecule has 0 spiro atoms. The fourth-order valence-electron chi connectivity index (χ4n) is 6.40. The van der Waals surface area contributed by atoms with Crippen molar-refractivity contribution in [2.45, 2.75) is 13.3 Å². The van der Waals surface area contributed by atoms with E-state index in [0.717, 1.165) is 6.42 Å². The Labute approximate surface area is 206 Å². The molecule has 4 aliphatic carbocycles. The monoisotopic (exact) mass is 491 g/mol. The average Bonchev–Trinajstić information content (AvgIpc) is 3.64. The van der Waals surface area contributed by atoms with Gasteiger partial charge in [-0.2, -0.15) is 0 Å². The van der Waals surface area contributed by atoms with Crippen LogP contribution in [0.25, 0.3) is 0 Å². The molecule has 2 aromatic rings. The van der Waals surface area contributed by atoms with Gasteiger partial charge in [-0.25, -0.2) is 0 Å². The van der Waals surface area contributed by atoms with E-state index in [1.807, 2.05) is 0 Å². The first-order valence-electron chi connectivity index (χ1n) is 11.6. The predicted molar refractivity (Wildman–Crippen MR) is 128 cm³/mol. The third-order valence-electron chi connectivity index (χ3n) is 8.14. The number of halogens is 1. The Bertz CT molecular complexity index is 1300. The van der Waals surface area contributed by atoms with E-state index >= 15 is 0 Å². The summed E-state index contributed by atoms with van der Waals surface area (Å²) in [6.07, 6.45) is 5.23. The van der Waals surface area contributed by atoms with Gasteiger partial charge in [0, 0.05) is 11.1 Å². The van der Waals surface area contributed by atoms with E-state index in [9.17, 15) is 24.5 Å². The number of carbonyl (C=O) groups is 3. The first-order chi connectivity index (χ1) is 16.8. The van der Waals surface area contributed by atoms with Gasteiger partial charge >= 0.3 is 0 Å². The molecule has 8 nitrogen and oxygen atoms in total. The molecule has 2 bridgehead atoms.